The van der Waals surface area contributed by atoms with Gasteiger partial charge in [-0.3, -0.25) is 4.79 Å². The van der Waals surface area contributed by atoms with E-state index in [2.05, 4.69) is 15.3 Å². The minimum absolute atomic E-state index is 0.321. The van der Waals surface area contributed by atoms with Gasteiger partial charge in [-0.2, -0.15) is 11.8 Å². The molecular weight excluding hydrogens is 262 g/mol. The number of carbonyl (C=O) groups is 1. The first-order chi connectivity index (χ1) is 9.02. The van der Waals surface area contributed by atoms with E-state index in [9.17, 15) is 9.90 Å². The molecule has 0 aliphatic heterocycles. The summed E-state index contributed by atoms with van der Waals surface area (Å²) >= 11 is 1.61. The predicted molar refractivity (Wildman–Crippen MR) is 77.2 cm³/mol. The van der Waals surface area contributed by atoms with Crippen molar-refractivity contribution in [1.82, 2.24) is 15.3 Å². The zero-order valence-electron chi connectivity index (χ0n) is 11.6. The molecule has 0 unspecified atom stereocenters. The molecule has 0 aliphatic carbocycles. The second-order valence-corrected chi connectivity index (χ2v) is 5.39. The van der Waals surface area contributed by atoms with E-state index in [1.54, 1.807) is 11.8 Å². The van der Waals surface area contributed by atoms with Crippen LogP contribution in [0.15, 0.2) is 6.07 Å². The fourth-order valence-corrected chi connectivity index (χ4v) is 2.15. The second-order valence-electron chi connectivity index (χ2n) is 4.41. The quantitative estimate of drug-likeness (QED) is 0.776. The average molecular weight is 283 g/mol. The van der Waals surface area contributed by atoms with Gasteiger partial charge < -0.3 is 10.4 Å². The minimum atomic E-state index is -0.924. The fourth-order valence-electron chi connectivity index (χ4n) is 1.69. The maximum absolute atomic E-state index is 11.6. The molecule has 2 N–H and O–H groups in total. The predicted octanol–water partition coefficient (Wildman–Crippen LogP) is 0.866. The van der Waals surface area contributed by atoms with Crippen LogP contribution in [0.1, 0.15) is 23.6 Å². The Kier molecular flexibility index (Phi) is 6.80. The van der Waals surface area contributed by atoms with Crippen molar-refractivity contribution >= 4 is 17.7 Å². The topological polar surface area (TPSA) is 75.1 Å². The summed E-state index contributed by atoms with van der Waals surface area (Å²) in [6.07, 6.45) is 2.08. The third-order valence-electron chi connectivity index (χ3n) is 2.57. The number of aryl methyl sites for hydroxylation is 2. The van der Waals surface area contributed by atoms with Crippen molar-refractivity contribution in [2.75, 3.05) is 18.6 Å². The van der Waals surface area contributed by atoms with Gasteiger partial charge >= 0.3 is 0 Å². The highest BCUT2D eigenvalue weighted by molar-refractivity contribution is 7.98. The van der Waals surface area contributed by atoms with Crippen LogP contribution >= 0.6 is 11.8 Å². The van der Waals surface area contributed by atoms with E-state index in [0.717, 1.165) is 23.0 Å². The average Bonchev–Trinajstić information content (AvgIpc) is 2.34. The number of rotatable bonds is 7. The summed E-state index contributed by atoms with van der Waals surface area (Å²) in [5.74, 6) is 1.17. The van der Waals surface area contributed by atoms with Gasteiger partial charge in [0, 0.05) is 24.4 Å². The van der Waals surface area contributed by atoms with E-state index in [1.165, 1.54) is 0 Å². The third kappa shape index (κ3) is 6.02. The highest BCUT2D eigenvalue weighted by atomic mass is 32.2. The molecule has 0 saturated heterocycles. The number of aliphatic hydroxyl groups excluding tert-OH is 1. The van der Waals surface area contributed by atoms with Crippen LogP contribution in [0.25, 0.3) is 0 Å². The first-order valence-corrected chi connectivity index (χ1v) is 7.68. The van der Waals surface area contributed by atoms with Crippen molar-refractivity contribution in [2.45, 2.75) is 32.8 Å². The van der Waals surface area contributed by atoms with Gasteiger partial charge in [0.2, 0.25) is 5.91 Å². The van der Waals surface area contributed by atoms with Gasteiger partial charge in [-0.15, -0.1) is 0 Å². The molecule has 6 heteroatoms. The van der Waals surface area contributed by atoms with E-state index in [1.807, 2.05) is 26.2 Å². The number of aromatic nitrogens is 2. The van der Waals surface area contributed by atoms with Crippen LogP contribution in [-0.2, 0) is 11.2 Å². The third-order valence-corrected chi connectivity index (χ3v) is 3.22. The Hall–Kier alpha value is -1.14. The zero-order valence-corrected chi connectivity index (χ0v) is 12.5. The van der Waals surface area contributed by atoms with E-state index in [0.29, 0.717) is 19.4 Å². The van der Waals surface area contributed by atoms with Crippen LogP contribution in [0.4, 0.5) is 0 Å². The normalized spacial score (nSPS) is 12.2. The standard InChI is InChI=1S/C13H21N3O2S/c1-9-8-10(2)16-12(15-9)4-6-14-13(18)11(17)5-7-19-3/h8,11,17H,4-7H2,1-3H3,(H,14,18)/t11-/m1/s1. The summed E-state index contributed by atoms with van der Waals surface area (Å²) < 4.78 is 0. The van der Waals surface area contributed by atoms with Crippen molar-refractivity contribution < 1.29 is 9.90 Å². The molecular formula is C13H21N3O2S. The number of amides is 1. The molecule has 0 radical (unpaired) electrons. The lowest BCUT2D eigenvalue weighted by Gasteiger charge is -2.10. The number of hydrogen-bond donors (Lipinski definition) is 2. The first-order valence-electron chi connectivity index (χ1n) is 6.29. The SMILES string of the molecule is CSCC[C@@H](O)C(=O)NCCc1nc(C)cc(C)n1. The number of hydrogen-bond acceptors (Lipinski definition) is 5. The van der Waals surface area contributed by atoms with Crippen LogP contribution in [0, 0.1) is 13.8 Å². The molecule has 0 aliphatic rings. The number of thioether (sulfide) groups is 1. The van der Waals surface area contributed by atoms with Crippen LogP contribution < -0.4 is 5.32 Å². The molecule has 106 valence electrons. The molecule has 1 amide bonds. The Balaban J connectivity index is 2.35. The van der Waals surface area contributed by atoms with Crippen LogP contribution in [-0.4, -0.2) is 45.6 Å². The molecule has 1 aromatic heterocycles. The molecule has 0 spiro atoms. The second kappa shape index (κ2) is 8.12. The molecule has 1 heterocycles. The van der Waals surface area contributed by atoms with E-state index >= 15 is 0 Å². The van der Waals surface area contributed by atoms with Crippen molar-refractivity contribution in [3.8, 4) is 0 Å². The molecule has 0 bridgehead atoms. The maximum Gasteiger partial charge on any atom is 0.248 e. The number of nitrogens with one attached hydrogen (secondary N) is 1. The Bertz CT molecular complexity index is 406. The van der Waals surface area contributed by atoms with Crippen molar-refractivity contribution in [3.05, 3.63) is 23.3 Å². The Morgan fingerprint density at radius 3 is 2.63 bits per heavy atom. The van der Waals surface area contributed by atoms with Gasteiger partial charge in [-0.1, -0.05) is 0 Å². The summed E-state index contributed by atoms with van der Waals surface area (Å²) in [7, 11) is 0. The van der Waals surface area contributed by atoms with E-state index < -0.39 is 6.10 Å². The lowest BCUT2D eigenvalue weighted by molar-refractivity contribution is -0.129. The maximum atomic E-state index is 11.6. The Labute approximate surface area is 118 Å². The molecule has 1 atom stereocenters. The molecule has 0 fully saturated rings. The summed E-state index contributed by atoms with van der Waals surface area (Å²) in [4.78, 5) is 20.2. The minimum Gasteiger partial charge on any atom is -0.383 e. The zero-order chi connectivity index (χ0) is 14.3. The number of nitrogens with zero attached hydrogens (tertiary/aromatic N) is 2. The highest BCUT2D eigenvalue weighted by Gasteiger charge is 2.13. The van der Waals surface area contributed by atoms with Gasteiger partial charge in [0.05, 0.1) is 0 Å². The largest absolute Gasteiger partial charge is 0.383 e. The fraction of sp³-hybridized carbons (Fsp3) is 0.615. The van der Waals surface area contributed by atoms with E-state index in [4.69, 9.17) is 0 Å². The lowest BCUT2D eigenvalue weighted by Crippen LogP contribution is -2.36. The molecule has 1 aromatic rings. The first kappa shape index (κ1) is 15.9. The molecule has 19 heavy (non-hydrogen) atoms. The van der Waals surface area contributed by atoms with Crippen molar-refractivity contribution in [3.63, 3.8) is 0 Å². The number of carbonyl (C=O) groups excluding carboxylic acids is 1. The number of aliphatic hydroxyl groups is 1. The van der Waals surface area contributed by atoms with Gasteiger partial charge in [0.25, 0.3) is 0 Å². The van der Waals surface area contributed by atoms with Gasteiger partial charge in [0.15, 0.2) is 0 Å². The van der Waals surface area contributed by atoms with Crippen LogP contribution in [0.5, 0.6) is 0 Å². The summed E-state index contributed by atoms with van der Waals surface area (Å²) in [5, 5.41) is 12.3. The van der Waals surface area contributed by atoms with Gasteiger partial charge in [0.1, 0.15) is 11.9 Å². The Morgan fingerprint density at radius 1 is 1.42 bits per heavy atom. The molecule has 5 nitrogen and oxygen atoms in total. The van der Waals surface area contributed by atoms with Gasteiger partial charge in [-0.25, -0.2) is 9.97 Å². The summed E-state index contributed by atoms with van der Waals surface area (Å²) in [6, 6.07) is 1.91. The molecule has 0 saturated carbocycles. The smallest absolute Gasteiger partial charge is 0.248 e. The lowest BCUT2D eigenvalue weighted by atomic mass is 10.2. The van der Waals surface area contributed by atoms with Crippen LogP contribution in [0.3, 0.4) is 0 Å². The molecule has 1 rings (SSSR count). The summed E-state index contributed by atoms with van der Waals surface area (Å²) in [6.45, 7) is 4.28. The summed E-state index contributed by atoms with van der Waals surface area (Å²) in [5.41, 5.74) is 1.85. The Morgan fingerprint density at radius 2 is 2.05 bits per heavy atom. The van der Waals surface area contributed by atoms with Crippen molar-refractivity contribution in [1.29, 1.82) is 0 Å². The highest BCUT2D eigenvalue weighted by Crippen LogP contribution is 2.01. The monoisotopic (exact) mass is 283 g/mol. The van der Waals surface area contributed by atoms with E-state index in [-0.39, 0.29) is 5.91 Å². The van der Waals surface area contributed by atoms with Crippen LogP contribution in [0.2, 0.25) is 0 Å². The van der Waals surface area contributed by atoms with Crippen molar-refractivity contribution in [2.24, 2.45) is 0 Å². The van der Waals surface area contributed by atoms with Gasteiger partial charge in [-0.05, 0) is 38.3 Å². The molecule has 0 aromatic carbocycles.